The van der Waals surface area contributed by atoms with Crippen LogP contribution in [-0.4, -0.2) is 33.2 Å². The Bertz CT molecular complexity index is 978. The molecule has 28 heavy (non-hydrogen) atoms. The molecule has 7 heteroatoms. The van der Waals surface area contributed by atoms with Crippen molar-refractivity contribution in [2.75, 3.05) is 18.0 Å². The Morgan fingerprint density at radius 3 is 2.82 bits per heavy atom. The van der Waals surface area contributed by atoms with Gasteiger partial charge >= 0.3 is 0 Å². The van der Waals surface area contributed by atoms with Crippen molar-refractivity contribution < 1.29 is 9.26 Å². The molecule has 0 atom stereocenters. The van der Waals surface area contributed by atoms with Crippen LogP contribution in [0.15, 0.2) is 35.1 Å². The van der Waals surface area contributed by atoms with E-state index in [1.807, 2.05) is 19.1 Å². The molecule has 0 bridgehead atoms. The minimum atomic E-state index is 0.495. The summed E-state index contributed by atoms with van der Waals surface area (Å²) < 4.78 is 11.3. The fourth-order valence-corrected chi connectivity index (χ4v) is 4.16. The third-order valence-corrected chi connectivity index (χ3v) is 5.66. The molecule has 0 aliphatic carbocycles. The highest BCUT2D eigenvalue weighted by Crippen LogP contribution is 2.33. The first kappa shape index (κ1) is 17.2. The number of aryl methyl sites for hydroxylation is 1. The number of hydrogen-bond donors (Lipinski definition) is 0. The van der Waals surface area contributed by atoms with Crippen molar-refractivity contribution in [3.8, 4) is 5.75 Å². The van der Waals surface area contributed by atoms with Gasteiger partial charge in [-0.3, -0.25) is 0 Å². The van der Waals surface area contributed by atoms with E-state index in [9.17, 15) is 0 Å². The van der Waals surface area contributed by atoms with Gasteiger partial charge < -0.3 is 14.2 Å². The van der Waals surface area contributed by atoms with Gasteiger partial charge in [0.25, 0.3) is 0 Å². The number of rotatable bonds is 3. The largest absolute Gasteiger partial charge is 0.487 e. The first-order chi connectivity index (χ1) is 13.8. The summed E-state index contributed by atoms with van der Waals surface area (Å²) in [6.45, 7) is 4.31. The van der Waals surface area contributed by atoms with E-state index in [4.69, 9.17) is 9.26 Å². The summed E-state index contributed by atoms with van der Waals surface area (Å²) in [7, 11) is 0. The third kappa shape index (κ3) is 3.32. The topological polar surface area (TPSA) is 77.2 Å². The number of ether oxygens (including phenoxy) is 1. The summed E-state index contributed by atoms with van der Waals surface area (Å²) in [6, 6.07) is 8.22. The monoisotopic (exact) mass is 377 g/mol. The molecule has 2 aliphatic rings. The number of anilines is 1. The lowest BCUT2D eigenvalue weighted by Gasteiger charge is -2.33. The predicted molar refractivity (Wildman–Crippen MR) is 103 cm³/mol. The highest BCUT2D eigenvalue weighted by atomic mass is 16.5. The van der Waals surface area contributed by atoms with Crippen LogP contribution in [0.2, 0.25) is 0 Å². The van der Waals surface area contributed by atoms with Crippen LogP contribution in [-0.2, 0) is 19.4 Å². The van der Waals surface area contributed by atoms with Crippen molar-refractivity contribution in [2.24, 2.45) is 5.92 Å². The maximum atomic E-state index is 5.97. The fourth-order valence-electron chi connectivity index (χ4n) is 4.16. The standard InChI is InChI=1S/C21H23N5O2/c1-14-24-20(28-25-14)10-15-6-8-26(9-7-15)21-17-11-16-4-2-3-5-19(16)27-12-18(17)22-13-23-21/h2-5,13,15H,6-12H2,1H3. The van der Waals surface area contributed by atoms with Crippen LogP contribution in [0, 0.1) is 12.8 Å². The molecule has 0 unspecified atom stereocenters. The third-order valence-electron chi connectivity index (χ3n) is 5.66. The second-order valence-corrected chi connectivity index (χ2v) is 7.57. The maximum Gasteiger partial charge on any atom is 0.226 e. The molecule has 4 heterocycles. The number of nitrogens with zero attached hydrogens (tertiary/aromatic N) is 5. The second kappa shape index (κ2) is 7.22. The van der Waals surface area contributed by atoms with E-state index in [0.29, 0.717) is 18.3 Å². The van der Waals surface area contributed by atoms with Gasteiger partial charge in [-0.1, -0.05) is 23.4 Å². The fraction of sp³-hybridized carbons (Fsp3) is 0.429. The number of piperidine rings is 1. The molecule has 1 fully saturated rings. The van der Waals surface area contributed by atoms with Gasteiger partial charge in [-0.2, -0.15) is 4.98 Å². The van der Waals surface area contributed by atoms with Crippen LogP contribution in [0.1, 0.15) is 41.4 Å². The minimum absolute atomic E-state index is 0.495. The van der Waals surface area contributed by atoms with E-state index in [-0.39, 0.29) is 0 Å². The number of benzene rings is 1. The number of hydrogen-bond acceptors (Lipinski definition) is 7. The normalized spacial score (nSPS) is 16.8. The van der Waals surface area contributed by atoms with Gasteiger partial charge in [0.15, 0.2) is 5.82 Å². The molecule has 1 aromatic carbocycles. The van der Waals surface area contributed by atoms with Crippen molar-refractivity contribution >= 4 is 5.82 Å². The molecule has 0 N–H and O–H groups in total. The summed E-state index contributed by atoms with van der Waals surface area (Å²) >= 11 is 0. The molecule has 144 valence electrons. The Balaban J connectivity index is 1.33. The van der Waals surface area contributed by atoms with Crippen LogP contribution in [0.25, 0.3) is 0 Å². The average molecular weight is 377 g/mol. The smallest absolute Gasteiger partial charge is 0.226 e. The SMILES string of the molecule is Cc1noc(CC2CCN(c3ncnc4c3Cc3ccccc3OC4)CC2)n1. The van der Waals surface area contributed by atoms with E-state index in [1.165, 1.54) is 11.1 Å². The van der Waals surface area contributed by atoms with Crippen LogP contribution in [0.3, 0.4) is 0 Å². The Morgan fingerprint density at radius 2 is 2.00 bits per heavy atom. The van der Waals surface area contributed by atoms with Crippen LogP contribution < -0.4 is 9.64 Å². The van der Waals surface area contributed by atoms with E-state index in [0.717, 1.165) is 61.9 Å². The van der Waals surface area contributed by atoms with Crippen molar-refractivity contribution in [1.29, 1.82) is 0 Å². The van der Waals surface area contributed by atoms with Gasteiger partial charge in [0.2, 0.25) is 5.89 Å². The highest BCUT2D eigenvalue weighted by Gasteiger charge is 2.26. The van der Waals surface area contributed by atoms with Crippen molar-refractivity contribution in [3.63, 3.8) is 0 Å². The Kier molecular flexibility index (Phi) is 4.43. The molecule has 1 saturated heterocycles. The zero-order valence-electron chi connectivity index (χ0n) is 16.0. The number of para-hydroxylation sites is 1. The zero-order valence-corrected chi connectivity index (χ0v) is 16.0. The van der Waals surface area contributed by atoms with Crippen LogP contribution in [0.4, 0.5) is 5.82 Å². The molecule has 0 radical (unpaired) electrons. The number of fused-ring (bicyclic) bond motifs is 2. The van der Waals surface area contributed by atoms with E-state index in [2.05, 4.69) is 37.1 Å². The van der Waals surface area contributed by atoms with Crippen LogP contribution >= 0.6 is 0 Å². The van der Waals surface area contributed by atoms with E-state index >= 15 is 0 Å². The molecular formula is C21H23N5O2. The van der Waals surface area contributed by atoms with Gasteiger partial charge in [0.05, 0.1) is 5.69 Å². The molecular weight excluding hydrogens is 354 g/mol. The molecule has 0 spiro atoms. The molecule has 2 aliphatic heterocycles. The van der Waals surface area contributed by atoms with Gasteiger partial charge in [0, 0.05) is 31.5 Å². The van der Waals surface area contributed by atoms with Crippen LogP contribution in [0.5, 0.6) is 5.75 Å². The molecule has 0 amide bonds. The Labute approximate surface area is 163 Å². The lowest BCUT2D eigenvalue weighted by atomic mass is 9.93. The van der Waals surface area contributed by atoms with Crippen molar-refractivity contribution in [3.05, 3.63) is 59.1 Å². The first-order valence-electron chi connectivity index (χ1n) is 9.84. The quantitative estimate of drug-likeness (QED) is 0.694. The van der Waals surface area contributed by atoms with E-state index in [1.54, 1.807) is 6.33 Å². The lowest BCUT2D eigenvalue weighted by Crippen LogP contribution is -2.35. The first-order valence-corrected chi connectivity index (χ1v) is 9.84. The molecule has 3 aromatic rings. The summed E-state index contributed by atoms with van der Waals surface area (Å²) in [5.74, 6) is 4.03. The lowest BCUT2D eigenvalue weighted by molar-refractivity contribution is 0.302. The Morgan fingerprint density at radius 1 is 1.14 bits per heavy atom. The second-order valence-electron chi connectivity index (χ2n) is 7.57. The predicted octanol–water partition coefficient (Wildman–Crippen LogP) is 3.11. The summed E-state index contributed by atoms with van der Waals surface area (Å²) in [5.41, 5.74) is 3.38. The summed E-state index contributed by atoms with van der Waals surface area (Å²) in [5, 5.41) is 3.89. The van der Waals surface area contributed by atoms with Gasteiger partial charge in [-0.05, 0) is 37.3 Å². The number of aromatic nitrogens is 4. The summed E-state index contributed by atoms with van der Waals surface area (Å²) in [6.07, 6.45) is 5.52. The van der Waals surface area contributed by atoms with Crippen molar-refractivity contribution in [1.82, 2.24) is 20.1 Å². The van der Waals surface area contributed by atoms with E-state index < -0.39 is 0 Å². The average Bonchev–Trinajstić information content (AvgIpc) is 3.03. The zero-order chi connectivity index (χ0) is 18.9. The van der Waals surface area contributed by atoms with Crippen molar-refractivity contribution in [2.45, 2.75) is 39.2 Å². The van der Waals surface area contributed by atoms with Gasteiger partial charge in [0.1, 0.15) is 24.5 Å². The van der Waals surface area contributed by atoms with Gasteiger partial charge in [-0.15, -0.1) is 0 Å². The maximum absolute atomic E-state index is 5.97. The molecule has 0 saturated carbocycles. The Hall–Kier alpha value is -2.96. The molecule has 7 nitrogen and oxygen atoms in total. The van der Waals surface area contributed by atoms with Gasteiger partial charge in [-0.25, -0.2) is 9.97 Å². The highest BCUT2D eigenvalue weighted by molar-refractivity contribution is 5.53. The summed E-state index contributed by atoms with van der Waals surface area (Å²) in [4.78, 5) is 15.9. The molecule has 5 rings (SSSR count). The molecule has 2 aromatic heterocycles. The minimum Gasteiger partial charge on any atom is -0.487 e.